The van der Waals surface area contributed by atoms with Crippen LogP contribution in [0.4, 0.5) is 5.69 Å². The lowest BCUT2D eigenvalue weighted by molar-refractivity contribution is -0.962. The number of halogens is 1. The summed E-state index contributed by atoms with van der Waals surface area (Å²) in [6.45, 7) is 8.76. The van der Waals surface area contributed by atoms with E-state index in [1.54, 1.807) is 12.1 Å². The van der Waals surface area contributed by atoms with Gasteiger partial charge in [0, 0.05) is 30.7 Å². The molecule has 2 atom stereocenters. The number of carbonyl (C=O) groups excluding carboxylic acids is 1. The van der Waals surface area contributed by atoms with Crippen molar-refractivity contribution in [3.63, 3.8) is 0 Å². The highest BCUT2D eigenvalue weighted by Gasteiger charge is 2.31. The van der Waals surface area contributed by atoms with Gasteiger partial charge in [0.1, 0.15) is 6.54 Å². The Bertz CT molecular complexity index is 548. The van der Waals surface area contributed by atoms with E-state index in [1.165, 1.54) is 12.1 Å². The molecule has 128 valence electrons. The van der Waals surface area contributed by atoms with E-state index < -0.39 is 10.9 Å². The number of ether oxygens (including phenoxy) is 1. The molecule has 0 saturated carbocycles. The van der Waals surface area contributed by atoms with Crippen molar-refractivity contribution in [1.82, 2.24) is 0 Å². The van der Waals surface area contributed by atoms with Gasteiger partial charge in [-0.25, -0.2) is 4.79 Å². The molecule has 0 radical (unpaired) electrons. The van der Waals surface area contributed by atoms with Gasteiger partial charge in [0.15, 0.2) is 0 Å². The van der Waals surface area contributed by atoms with Crippen molar-refractivity contribution in [3.05, 3.63) is 52.6 Å². The first-order chi connectivity index (χ1) is 10.3. The van der Waals surface area contributed by atoms with E-state index in [-0.39, 0.29) is 24.3 Å². The van der Waals surface area contributed by atoms with Crippen LogP contribution in [0.2, 0.25) is 0 Å². The molecular formula is C16H23ClN2O4. The van der Waals surface area contributed by atoms with Crippen molar-refractivity contribution < 1.29 is 31.3 Å². The van der Waals surface area contributed by atoms with Crippen LogP contribution in [0.5, 0.6) is 0 Å². The average molecular weight is 343 g/mol. The normalized spacial score (nSPS) is 14.0. The van der Waals surface area contributed by atoms with E-state index in [0.717, 1.165) is 24.6 Å². The Labute approximate surface area is 142 Å². The summed E-state index contributed by atoms with van der Waals surface area (Å²) in [6, 6.07) is 6.47. The van der Waals surface area contributed by atoms with Crippen LogP contribution < -0.4 is 12.4 Å². The molecule has 0 spiro atoms. The van der Waals surface area contributed by atoms with Gasteiger partial charge in [-0.05, 0) is 18.6 Å². The second-order valence-electron chi connectivity index (χ2n) is 5.53. The van der Waals surface area contributed by atoms with E-state index >= 15 is 0 Å². The number of non-ortho nitro benzene ring substituents is 1. The predicted molar refractivity (Wildman–Crippen MR) is 83.9 cm³/mol. The maximum atomic E-state index is 11.4. The number of hydrogen-bond acceptors (Lipinski definition) is 4. The maximum Gasteiger partial charge on any atom is 0.334 e. The Kier molecular flexibility index (Phi) is 8.50. The van der Waals surface area contributed by atoms with Crippen molar-refractivity contribution in [2.75, 3.05) is 13.6 Å². The first-order valence-electron chi connectivity index (χ1n) is 7.23. The molecule has 0 heterocycles. The quantitative estimate of drug-likeness (QED) is 0.167. The fourth-order valence-corrected chi connectivity index (χ4v) is 2.38. The SMILES string of the molecule is C=CC(=O)OC(C)[N+](C)(CCC)Cc1ccc([N+](=O)[O-])cc1.[Cl-]. The molecule has 0 amide bonds. The Balaban J connectivity index is 0.00000484. The number of esters is 1. The molecule has 0 saturated heterocycles. The smallest absolute Gasteiger partial charge is 0.334 e. The van der Waals surface area contributed by atoms with Gasteiger partial charge in [-0.1, -0.05) is 13.5 Å². The van der Waals surface area contributed by atoms with Crippen molar-refractivity contribution in [2.24, 2.45) is 0 Å². The Morgan fingerprint density at radius 3 is 2.43 bits per heavy atom. The first kappa shape index (κ1) is 21.1. The van der Waals surface area contributed by atoms with E-state index in [1.807, 2.05) is 14.0 Å². The molecule has 0 aliphatic heterocycles. The van der Waals surface area contributed by atoms with E-state index in [4.69, 9.17) is 4.74 Å². The summed E-state index contributed by atoms with van der Waals surface area (Å²) in [6.07, 6.45) is 1.75. The van der Waals surface area contributed by atoms with Crippen molar-refractivity contribution in [2.45, 2.75) is 33.0 Å². The molecule has 2 unspecified atom stereocenters. The van der Waals surface area contributed by atoms with Crippen molar-refractivity contribution >= 4 is 11.7 Å². The number of rotatable bonds is 8. The van der Waals surface area contributed by atoms with Gasteiger partial charge < -0.3 is 17.1 Å². The molecule has 1 rings (SSSR count). The van der Waals surface area contributed by atoms with Crippen LogP contribution in [0.3, 0.4) is 0 Å². The summed E-state index contributed by atoms with van der Waals surface area (Å²) >= 11 is 0. The Morgan fingerprint density at radius 2 is 2.00 bits per heavy atom. The van der Waals surface area contributed by atoms with Crippen LogP contribution in [0.25, 0.3) is 0 Å². The molecule has 0 aromatic heterocycles. The molecular weight excluding hydrogens is 320 g/mol. The fourth-order valence-electron chi connectivity index (χ4n) is 2.38. The average Bonchev–Trinajstić information content (AvgIpc) is 2.47. The van der Waals surface area contributed by atoms with Crippen LogP contribution in [-0.4, -0.2) is 35.2 Å². The Hall–Kier alpha value is -1.92. The maximum absolute atomic E-state index is 11.4. The minimum Gasteiger partial charge on any atom is -1.00 e. The molecule has 1 aromatic rings. The van der Waals surface area contributed by atoms with Crippen LogP contribution >= 0.6 is 0 Å². The molecule has 0 aliphatic rings. The number of quaternary nitrogens is 1. The summed E-state index contributed by atoms with van der Waals surface area (Å²) in [5.41, 5.74) is 1.03. The third kappa shape index (κ3) is 6.00. The molecule has 0 fully saturated rings. The second-order valence-corrected chi connectivity index (χ2v) is 5.53. The third-order valence-corrected chi connectivity index (χ3v) is 3.76. The number of carbonyl (C=O) groups is 1. The van der Waals surface area contributed by atoms with Gasteiger partial charge in [-0.2, -0.15) is 0 Å². The molecule has 23 heavy (non-hydrogen) atoms. The molecule has 0 aliphatic carbocycles. The van der Waals surface area contributed by atoms with Gasteiger partial charge in [-0.3, -0.25) is 14.6 Å². The lowest BCUT2D eigenvalue weighted by atomic mass is 10.1. The Morgan fingerprint density at radius 1 is 1.43 bits per heavy atom. The van der Waals surface area contributed by atoms with E-state index in [9.17, 15) is 14.9 Å². The van der Waals surface area contributed by atoms with Crippen LogP contribution in [0.1, 0.15) is 25.8 Å². The lowest BCUT2D eigenvalue weighted by Crippen LogP contribution is -3.00. The minimum atomic E-state index is -0.448. The predicted octanol–water partition coefficient (Wildman–Crippen LogP) is 0.0306. The number of nitro groups is 1. The van der Waals surface area contributed by atoms with Crippen LogP contribution in [0, 0.1) is 10.1 Å². The van der Waals surface area contributed by atoms with Gasteiger partial charge >= 0.3 is 5.97 Å². The highest BCUT2D eigenvalue weighted by atomic mass is 35.5. The fraction of sp³-hybridized carbons (Fsp3) is 0.438. The number of benzene rings is 1. The monoisotopic (exact) mass is 342 g/mol. The third-order valence-electron chi connectivity index (χ3n) is 3.76. The zero-order chi connectivity index (χ0) is 16.8. The van der Waals surface area contributed by atoms with Crippen molar-refractivity contribution in [1.29, 1.82) is 0 Å². The van der Waals surface area contributed by atoms with Crippen LogP contribution in [-0.2, 0) is 16.1 Å². The standard InChI is InChI=1S/C16H23N2O4.ClH/c1-5-11-18(4,13(3)22-16(19)6-2)12-14-7-9-15(10-8-14)17(20)21;/h6-10,13H,2,5,11-12H2,1,3-4H3;1H/q+1;/p-1. The zero-order valence-electron chi connectivity index (χ0n) is 13.7. The molecule has 1 aromatic carbocycles. The molecule has 7 heteroatoms. The van der Waals surface area contributed by atoms with Gasteiger partial charge in [-0.15, -0.1) is 0 Å². The van der Waals surface area contributed by atoms with E-state index in [2.05, 4.69) is 13.5 Å². The number of nitro benzene ring substituents is 1. The second kappa shape index (κ2) is 9.27. The lowest BCUT2D eigenvalue weighted by Gasteiger charge is -2.38. The molecule has 0 N–H and O–H groups in total. The largest absolute Gasteiger partial charge is 1.00 e. The van der Waals surface area contributed by atoms with Gasteiger partial charge in [0.05, 0.1) is 18.5 Å². The minimum absolute atomic E-state index is 0. The van der Waals surface area contributed by atoms with E-state index in [0.29, 0.717) is 11.0 Å². The van der Waals surface area contributed by atoms with Gasteiger partial charge in [0.25, 0.3) is 5.69 Å². The zero-order valence-corrected chi connectivity index (χ0v) is 14.5. The number of hydrogen-bond donors (Lipinski definition) is 0. The highest BCUT2D eigenvalue weighted by Crippen LogP contribution is 2.21. The topological polar surface area (TPSA) is 69.4 Å². The summed E-state index contributed by atoms with van der Waals surface area (Å²) in [5.74, 6) is -0.448. The summed E-state index contributed by atoms with van der Waals surface area (Å²) in [7, 11) is 2.01. The first-order valence-corrected chi connectivity index (χ1v) is 7.23. The summed E-state index contributed by atoms with van der Waals surface area (Å²) in [4.78, 5) is 21.7. The van der Waals surface area contributed by atoms with Gasteiger partial charge in [0.2, 0.25) is 6.23 Å². The number of nitrogens with zero attached hydrogens (tertiary/aromatic N) is 2. The molecule has 6 nitrogen and oxygen atoms in total. The molecule has 0 bridgehead atoms. The summed E-state index contributed by atoms with van der Waals surface area (Å²) in [5, 5.41) is 10.7. The highest BCUT2D eigenvalue weighted by molar-refractivity contribution is 5.81. The summed E-state index contributed by atoms with van der Waals surface area (Å²) < 4.78 is 5.87. The van der Waals surface area contributed by atoms with Crippen molar-refractivity contribution in [3.8, 4) is 0 Å². The van der Waals surface area contributed by atoms with Crippen LogP contribution in [0.15, 0.2) is 36.9 Å².